The van der Waals surface area contributed by atoms with Crippen molar-refractivity contribution in [1.82, 2.24) is 5.32 Å². The third-order valence-electron chi connectivity index (χ3n) is 2.45. The highest BCUT2D eigenvalue weighted by atomic mass is 16.5. The van der Waals surface area contributed by atoms with E-state index in [0.717, 1.165) is 0 Å². The lowest BCUT2D eigenvalue weighted by molar-refractivity contribution is -0.122. The van der Waals surface area contributed by atoms with Crippen molar-refractivity contribution < 1.29 is 13.9 Å². The lowest BCUT2D eigenvalue weighted by atomic mass is 9.91. The number of furan rings is 1. The molecule has 2 rings (SSSR count). The summed E-state index contributed by atoms with van der Waals surface area (Å²) in [6.45, 7) is 0. The molecule has 0 saturated heterocycles. The van der Waals surface area contributed by atoms with E-state index in [2.05, 4.69) is 5.32 Å². The van der Waals surface area contributed by atoms with E-state index in [4.69, 9.17) is 14.4 Å². The van der Waals surface area contributed by atoms with E-state index < -0.39 is 0 Å². The Bertz CT molecular complexity index is 468. The van der Waals surface area contributed by atoms with Crippen molar-refractivity contribution in [2.45, 2.75) is 12.3 Å². The number of nitrogens with zero attached hydrogens (tertiary/aromatic N) is 1. The SMILES string of the molecule is COC1=C(C#N)C(c2ccco2)CC(=O)N1. The van der Waals surface area contributed by atoms with Gasteiger partial charge in [-0.05, 0) is 12.1 Å². The Kier molecular flexibility index (Phi) is 2.64. The second-order valence-electron chi connectivity index (χ2n) is 3.38. The van der Waals surface area contributed by atoms with Crippen LogP contribution < -0.4 is 5.32 Å². The van der Waals surface area contributed by atoms with E-state index in [9.17, 15) is 4.79 Å². The third kappa shape index (κ3) is 1.65. The van der Waals surface area contributed by atoms with Gasteiger partial charge in [0.1, 0.15) is 17.4 Å². The number of nitriles is 1. The molecule has 2 heterocycles. The van der Waals surface area contributed by atoms with Crippen molar-refractivity contribution in [2.75, 3.05) is 7.11 Å². The van der Waals surface area contributed by atoms with Crippen molar-refractivity contribution in [1.29, 1.82) is 5.26 Å². The summed E-state index contributed by atoms with van der Waals surface area (Å²) in [4.78, 5) is 11.4. The molecule has 1 amide bonds. The standard InChI is InChI=1S/C11H10N2O3/c1-15-11-8(6-12)7(5-10(14)13-11)9-3-2-4-16-9/h2-4,7H,5H2,1H3,(H,13,14). The second kappa shape index (κ2) is 4.11. The Balaban J connectivity index is 2.44. The van der Waals surface area contributed by atoms with Crippen LogP contribution in [0, 0.1) is 11.3 Å². The van der Waals surface area contributed by atoms with Crippen molar-refractivity contribution in [3.63, 3.8) is 0 Å². The Morgan fingerprint density at radius 3 is 3.06 bits per heavy atom. The normalized spacial score (nSPS) is 20.2. The zero-order valence-electron chi connectivity index (χ0n) is 8.69. The van der Waals surface area contributed by atoms with Gasteiger partial charge in [0.2, 0.25) is 11.8 Å². The largest absolute Gasteiger partial charge is 0.482 e. The van der Waals surface area contributed by atoms with Crippen LogP contribution in [0.4, 0.5) is 0 Å². The molecule has 1 unspecified atom stereocenters. The fraction of sp³-hybridized carbons (Fsp3) is 0.273. The number of rotatable bonds is 2. The molecule has 1 atom stereocenters. The number of carbonyl (C=O) groups excluding carboxylic acids is 1. The minimum atomic E-state index is -0.358. The van der Waals surface area contributed by atoms with Crippen LogP contribution in [0.3, 0.4) is 0 Å². The van der Waals surface area contributed by atoms with Gasteiger partial charge < -0.3 is 9.15 Å². The molecule has 0 radical (unpaired) electrons. The fourth-order valence-corrected chi connectivity index (χ4v) is 1.71. The molecule has 1 aliphatic rings. The summed E-state index contributed by atoms with van der Waals surface area (Å²) in [7, 11) is 1.41. The lowest BCUT2D eigenvalue weighted by Gasteiger charge is -2.22. The molecule has 82 valence electrons. The van der Waals surface area contributed by atoms with Crippen LogP contribution in [0.1, 0.15) is 18.1 Å². The monoisotopic (exact) mass is 218 g/mol. The molecule has 0 saturated carbocycles. The number of nitrogens with one attached hydrogen (secondary N) is 1. The van der Waals surface area contributed by atoms with Crippen LogP contribution in [0.5, 0.6) is 0 Å². The topological polar surface area (TPSA) is 75.3 Å². The smallest absolute Gasteiger partial charge is 0.227 e. The van der Waals surface area contributed by atoms with E-state index >= 15 is 0 Å². The van der Waals surface area contributed by atoms with Crippen LogP contribution in [0.15, 0.2) is 34.3 Å². The van der Waals surface area contributed by atoms with Gasteiger partial charge in [-0.3, -0.25) is 10.1 Å². The predicted molar refractivity (Wildman–Crippen MR) is 53.9 cm³/mol. The molecule has 5 nitrogen and oxygen atoms in total. The van der Waals surface area contributed by atoms with Gasteiger partial charge >= 0.3 is 0 Å². The third-order valence-corrected chi connectivity index (χ3v) is 2.45. The van der Waals surface area contributed by atoms with E-state index in [1.807, 2.05) is 6.07 Å². The van der Waals surface area contributed by atoms with Crippen molar-refractivity contribution in [3.8, 4) is 6.07 Å². The number of methoxy groups -OCH3 is 1. The number of hydrogen-bond donors (Lipinski definition) is 1. The maximum absolute atomic E-state index is 11.4. The number of ether oxygens (including phenoxy) is 1. The number of hydrogen-bond acceptors (Lipinski definition) is 4. The summed E-state index contributed by atoms with van der Waals surface area (Å²) in [5.41, 5.74) is 0.386. The average molecular weight is 218 g/mol. The number of carbonyl (C=O) groups is 1. The molecule has 16 heavy (non-hydrogen) atoms. The Hall–Kier alpha value is -2.22. The van der Waals surface area contributed by atoms with E-state index in [-0.39, 0.29) is 24.1 Å². The first kappa shape index (κ1) is 10.3. The molecular weight excluding hydrogens is 208 g/mol. The Labute approximate surface area is 92.3 Å². The van der Waals surface area contributed by atoms with Crippen LogP contribution in [0.2, 0.25) is 0 Å². The van der Waals surface area contributed by atoms with Gasteiger partial charge in [-0.25, -0.2) is 0 Å². The maximum Gasteiger partial charge on any atom is 0.227 e. The molecule has 0 bridgehead atoms. The van der Waals surface area contributed by atoms with E-state index in [0.29, 0.717) is 11.3 Å². The summed E-state index contributed by atoms with van der Waals surface area (Å²) >= 11 is 0. The summed E-state index contributed by atoms with van der Waals surface area (Å²) in [5.74, 6) is 0.266. The minimum absolute atomic E-state index is 0.183. The zero-order chi connectivity index (χ0) is 11.5. The van der Waals surface area contributed by atoms with Gasteiger partial charge in [0.05, 0.1) is 19.3 Å². The molecule has 1 N–H and O–H groups in total. The molecule has 5 heteroatoms. The number of amides is 1. The van der Waals surface area contributed by atoms with Gasteiger partial charge in [0, 0.05) is 6.42 Å². The zero-order valence-corrected chi connectivity index (χ0v) is 8.69. The van der Waals surface area contributed by atoms with Crippen molar-refractivity contribution in [3.05, 3.63) is 35.6 Å². The lowest BCUT2D eigenvalue weighted by Crippen LogP contribution is -2.32. The first-order valence-electron chi connectivity index (χ1n) is 4.77. The van der Waals surface area contributed by atoms with Crippen LogP contribution in [-0.2, 0) is 9.53 Å². The molecule has 1 aromatic heterocycles. The first-order valence-corrected chi connectivity index (χ1v) is 4.77. The van der Waals surface area contributed by atoms with Crippen LogP contribution in [0.25, 0.3) is 0 Å². The highest BCUT2D eigenvalue weighted by molar-refractivity contribution is 5.81. The minimum Gasteiger partial charge on any atom is -0.482 e. The predicted octanol–water partition coefficient (Wildman–Crippen LogP) is 1.26. The summed E-state index contributed by atoms with van der Waals surface area (Å²) < 4.78 is 10.2. The van der Waals surface area contributed by atoms with Gasteiger partial charge in [0.15, 0.2) is 0 Å². The van der Waals surface area contributed by atoms with E-state index in [1.54, 1.807) is 12.1 Å². The first-order chi connectivity index (χ1) is 7.76. The molecule has 0 fully saturated rings. The molecular formula is C11H10N2O3. The molecule has 0 spiro atoms. The number of allylic oxidation sites excluding steroid dienone is 1. The highest BCUT2D eigenvalue weighted by Crippen LogP contribution is 2.32. The highest BCUT2D eigenvalue weighted by Gasteiger charge is 2.31. The van der Waals surface area contributed by atoms with Crippen molar-refractivity contribution in [2.24, 2.45) is 0 Å². The maximum atomic E-state index is 11.4. The van der Waals surface area contributed by atoms with E-state index in [1.165, 1.54) is 13.4 Å². The summed E-state index contributed by atoms with van der Waals surface area (Å²) in [6, 6.07) is 5.51. The molecule has 0 aliphatic carbocycles. The molecule has 1 aliphatic heterocycles. The second-order valence-corrected chi connectivity index (χ2v) is 3.38. The van der Waals surface area contributed by atoms with Gasteiger partial charge in [-0.2, -0.15) is 5.26 Å². The average Bonchev–Trinajstić information content (AvgIpc) is 2.81. The molecule has 1 aromatic rings. The van der Waals surface area contributed by atoms with Crippen molar-refractivity contribution >= 4 is 5.91 Å². The quantitative estimate of drug-likeness (QED) is 0.810. The fourth-order valence-electron chi connectivity index (χ4n) is 1.71. The molecule has 0 aromatic carbocycles. The van der Waals surface area contributed by atoms with Gasteiger partial charge in [0.25, 0.3) is 0 Å². The Morgan fingerprint density at radius 2 is 2.50 bits per heavy atom. The Morgan fingerprint density at radius 1 is 1.69 bits per heavy atom. The van der Waals surface area contributed by atoms with Gasteiger partial charge in [-0.1, -0.05) is 0 Å². The summed E-state index contributed by atoms with van der Waals surface area (Å²) in [5, 5.41) is 11.6. The van der Waals surface area contributed by atoms with Crippen LogP contribution >= 0.6 is 0 Å². The van der Waals surface area contributed by atoms with Gasteiger partial charge in [-0.15, -0.1) is 0 Å². The summed E-state index contributed by atoms with van der Waals surface area (Å²) in [6.07, 6.45) is 1.71. The van der Waals surface area contributed by atoms with Crippen LogP contribution in [-0.4, -0.2) is 13.0 Å².